The zero-order valence-electron chi connectivity index (χ0n) is 10.6. The molecule has 0 bridgehead atoms. The Morgan fingerprint density at radius 2 is 2.22 bits per heavy atom. The molecule has 98 valence electrons. The number of rotatable bonds is 4. The number of methoxy groups -OCH3 is 1. The molecule has 0 unspecified atom stereocenters. The topological polar surface area (TPSA) is 62.7 Å². The molecule has 1 aromatic rings. The lowest BCUT2D eigenvalue weighted by molar-refractivity contribution is 0.171. The van der Waals surface area contributed by atoms with Crippen LogP contribution in [0.4, 0.5) is 10.5 Å². The van der Waals surface area contributed by atoms with Gasteiger partial charge in [-0.1, -0.05) is 18.5 Å². The molecule has 0 atom stereocenters. The zero-order chi connectivity index (χ0) is 13.5. The summed E-state index contributed by atoms with van der Waals surface area (Å²) in [4.78, 5) is 11.0. The number of anilines is 1. The third kappa shape index (κ3) is 3.63. The maximum Gasteiger partial charge on any atom is 0.427 e. The Bertz CT molecular complexity index is 461. The summed E-state index contributed by atoms with van der Waals surface area (Å²) in [6.45, 7) is 1.94. The number of carbonyl (C=O) groups excluding carboxylic acids is 1. The van der Waals surface area contributed by atoms with E-state index in [1.807, 2.05) is 20.0 Å². The smallest absolute Gasteiger partial charge is 0.427 e. The van der Waals surface area contributed by atoms with Crippen molar-refractivity contribution in [3.8, 4) is 0 Å². The standard InChI is InChI=1S/C12H16ClN3O2/c1-4-10(15-16-12(17)18-3)9-7-8(13)5-6-11(9)14-2/h5-7,14H,4H2,1-3H3,(H,16,17)/b15-10+. The van der Waals surface area contributed by atoms with Crippen LogP contribution in [0.5, 0.6) is 0 Å². The van der Waals surface area contributed by atoms with Gasteiger partial charge in [-0.15, -0.1) is 0 Å². The van der Waals surface area contributed by atoms with Gasteiger partial charge in [-0.3, -0.25) is 0 Å². The lowest BCUT2D eigenvalue weighted by Gasteiger charge is -2.11. The Morgan fingerprint density at radius 3 is 2.78 bits per heavy atom. The molecule has 0 aliphatic rings. The minimum Gasteiger partial charge on any atom is -0.452 e. The minimum atomic E-state index is -0.603. The number of hydrogen-bond acceptors (Lipinski definition) is 4. The first-order valence-electron chi connectivity index (χ1n) is 5.50. The van der Waals surface area contributed by atoms with Crippen molar-refractivity contribution in [1.29, 1.82) is 0 Å². The van der Waals surface area contributed by atoms with E-state index in [0.29, 0.717) is 17.2 Å². The molecule has 0 aromatic heterocycles. The first-order valence-corrected chi connectivity index (χ1v) is 5.88. The van der Waals surface area contributed by atoms with Crippen molar-refractivity contribution in [3.05, 3.63) is 28.8 Å². The molecule has 18 heavy (non-hydrogen) atoms. The number of nitrogens with zero attached hydrogens (tertiary/aromatic N) is 1. The van der Waals surface area contributed by atoms with E-state index in [0.717, 1.165) is 11.3 Å². The first kappa shape index (κ1) is 14.3. The van der Waals surface area contributed by atoms with Crippen molar-refractivity contribution >= 4 is 29.1 Å². The van der Waals surface area contributed by atoms with Gasteiger partial charge in [0.2, 0.25) is 0 Å². The van der Waals surface area contributed by atoms with Crippen LogP contribution in [0.15, 0.2) is 23.3 Å². The number of nitrogens with one attached hydrogen (secondary N) is 2. The summed E-state index contributed by atoms with van der Waals surface area (Å²) < 4.78 is 4.46. The highest BCUT2D eigenvalue weighted by atomic mass is 35.5. The first-order chi connectivity index (χ1) is 8.62. The summed E-state index contributed by atoms with van der Waals surface area (Å²) >= 11 is 5.97. The van der Waals surface area contributed by atoms with Gasteiger partial charge in [0.1, 0.15) is 0 Å². The van der Waals surface area contributed by atoms with Crippen LogP contribution in [0, 0.1) is 0 Å². The van der Waals surface area contributed by atoms with Crippen molar-refractivity contribution in [2.24, 2.45) is 5.10 Å². The van der Waals surface area contributed by atoms with Crippen molar-refractivity contribution < 1.29 is 9.53 Å². The summed E-state index contributed by atoms with van der Waals surface area (Å²) in [5.74, 6) is 0. The summed E-state index contributed by atoms with van der Waals surface area (Å²) in [7, 11) is 3.10. The largest absolute Gasteiger partial charge is 0.452 e. The van der Waals surface area contributed by atoms with Crippen LogP contribution in [0.2, 0.25) is 5.02 Å². The Hall–Kier alpha value is -1.75. The van der Waals surface area contributed by atoms with Crippen molar-refractivity contribution in [2.45, 2.75) is 13.3 Å². The zero-order valence-corrected chi connectivity index (χ0v) is 11.3. The fourth-order valence-corrected chi connectivity index (χ4v) is 1.63. The summed E-state index contributed by atoms with van der Waals surface area (Å²) in [5.41, 5.74) is 4.77. The van der Waals surface area contributed by atoms with Crippen molar-refractivity contribution in [2.75, 3.05) is 19.5 Å². The molecule has 0 fully saturated rings. The molecule has 6 heteroatoms. The highest BCUT2D eigenvalue weighted by Crippen LogP contribution is 2.22. The highest BCUT2D eigenvalue weighted by molar-refractivity contribution is 6.31. The summed E-state index contributed by atoms with van der Waals surface area (Å²) in [6, 6.07) is 5.45. The van der Waals surface area contributed by atoms with Gasteiger partial charge in [0.05, 0.1) is 12.8 Å². The summed E-state index contributed by atoms with van der Waals surface area (Å²) in [5, 5.41) is 7.70. The van der Waals surface area contributed by atoms with Gasteiger partial charge in [0.25, 0.3) is 0 Å². The van der Waals surface area contributed by atoms with Crippen LogP contribution < -0.4 is 10.7 Å². The highest BCUT2D eigenvalue weighted by Gasteiger charge is 2.09. The molecule has 0 radical (unpaired) electrons. The molecule has 1 amide bonds. The number of ether oxygens (including phenoxy) is 1. The Labute approximate surface area is 111 Å². The molecular weight excluding hydrogens is 254 g/mol. The van der Waals surface area contributed by atoms with E-state index in [2.05, 4.69) is 20.6 Å². The molecule has 0 heterocycles. The third-order valence-electron chi connectivity index (χ3n) is 2.36. The van der Waals surface area contributed by atoms with Crippen LogP contribution >= 0.6 is 11.6 Å². The van der Waals surface area contributed by atoms with Gasteiger partial charge in [-0.25, -0.2) is 10.2 Å². The van der Waals surface area contributed by atoms with E-state index in [1.54, 1.807) is 12.1 Å². The van der Waals surface area contributed by atoms with E-state index in [1.165, 1.54) is 7.11 Å². The van der Waals surface area contributed by atoms with Crippen molar-refractivity contribution in [3.63, 3.8) is 0 Å². The Morgan fingerprint density at radius 1 is 1.50 bits per heavy atom. The average Bonchev–Trinajstić information content (AvgIpc) is 2.39. The number of benzene rings is 1. The van der Waals surface area contributed by atoms with E-state index >= 15 is 0 Å². The SMILES string of the molecule is CC/C(=N\NC(=O)OC)c1cc(Cl)ccc1NC. The lowest BCUT2D eigenvalue weighted by Crippen LogP contribution is -2.19. The molecule has 0 aliphatic carbocycles. The quantitative estimate of drug-likeness (QED) is 0.653. The number of hydrazone groups is 1. The number of carbonyl (C=O) groups is 1. The predicted octanol–water partition coefficient (Wildman–Crippen LogP) is 2.85. The second kappa shape index (κ2) is 6.86. The molecular formula is C12H16ClN3O2. The molecule has 0 saturated carbocycles. The van der Waals surface area contributed by atoms with Gasteiger partial charge < -0.3 is 10.1 Å². The molecule has 1 rings (SSSR count). The Balaban J connectivity index is 3.07. The van der Waals surface area contributed by atoms with Crippen LogP contribution in [-0.4, -0.2) is 26.0 Å². The molecule has 0 aliphatic heterocycles. The fourth-order valence-electron chi connectivity index (χ4n) is 1.46. The van der Waals surface area contributed by atoms with Crippen LogP contribution in [0.25, 0.3) is 0 Å². The third-order valence-corrected chi connectivity index (χ3v) is 2.60. The monoisotopic (exact) mass is 269 g/mol. The van der Waals surface area contributed by atoms with E-state index in [-0.39, 0.29) is 0 Å². The minimum absolute atomic E-state index is 0.603. The number of hydrogen-bond donors (Lipinski definition) is 2. The van der Waals surface area contributed by atoms with E-state index in [4.69, 9.17) is 11.6 Å². The molecule has 0 saturated heterocycles. The fraction of sp³-hybridized carbons (Fsp3) is 0.333. The Kier molecular flexibility index (Phi) is 5.45. The maximum atomic E-state index is 11.0. The number of amides is 1. The number of halogens is 1. The lowest BCUT2D eigenvalue weighted by atomic mass is 10.1. The van der Waals surface area contributed by atoms with Gasteiger partial charge in [0, 0.05) is 23.3 Å². The summed E-state index contributed by atoms with van der Waals surface area (Å²) in [6.07, 6.45) is 0.0490. The molecule has 2 N–H and O–H groups in total. The van der Waals surface area contributed by atoms with Gasteiger partial charge in [0.15, 0.2) is 0 Å². The predicted molar refractivity (Wildman–Crippen MR) is 73.4 cm³/mol. The molecule has 0 spiro atoms. The second-order valence-corrected chi connectivity index (χ2v) is 3.89. The molecule has 5 nitrogen and oxygen atoms in total. The van der Waals surface area contributed by atoms with Gasteiger partial charge in [-0.2, -0.15) is 5.10 Å². The maximum absolute atomic E-state index is 11.0. The van der Waals surface area contributed by atoms with E-state index in [9.17, 15) is 4.79 Å². The van der Waals surface area contributed by atoms with E-state index < -0.39 is 6.09 Å². The molecule has 1 aromatic carbocycles. The van der Waals surface area contributed by atoms with Crippen LogP contribution in [-0.2, 0) is 4.74 Å². The van der Waals surface area contributed by atoms with Crippen molar-refractivity contribution in [1.82, 2.24) is 5.43 Å². The van der Waals surface area contributed by atoms with Gasteiger partial charge >= 0.3 is 6.09 Å². The van der Waals surface area contributed by atoms with Crippen LogP contribution in [0.3, 0.4) is 0 Å². The van der Waals surface area contributed by atoms with Crippen LogP contribution in [0.1, 0.15) is 18.9 Å². The second-order valence-electron chi connectivity index (χ2n) is 3.46. The average molecular weight is 270 g/mol. The normalized spacial score (nSPS) is 11.0. The van der Waals surface area contributed by atoms with Gasteiger partial charge in [-0.05, 0) is 24.6 Å².